The number of fused-ring (bicyclic) bond motifs is 2. The molecule has 7 heteroatoms. The molecule has 1 aliphatic carbocycles. The lowest BCUT2D eigenvalue weighted by atomic mass is 9.75. The largest absolute Gasteiger partial charge is 0.341 e. The molecule has 0 N–H and O–H groups in total. The number of carbonyl (C=O) groups excluding carboxylic acids is 1. The zero-order valence-corrected chi connectivity index (χ0v) is 17.3. The van der Waals surface area contributed by atoms with E-state index in [-0.39, 0.29) is 18.0 Å². The summed E-state index contributed by atoms with van der Waals surface area (Å²) in [6.45, 7) is 1.76. The molecule has 3 aromatic heterocycles. The molecule has 2 atom stereocenters. The first-order valence-electron chi connectivity index (χ1n) is 9.99. The van der Waals surface area contributed by atoms with Gasteiger partial charge in [0, 0.05) is 28.9 Å². The topological polar surface area (TPSA) is 55.2 Å². The normalized spacial score (nSPS) is 22.4. The molecule has 1 aliphatic heterocycles. The van der Waals surface area contributed by atoms with E-state index in [0.29, 0.717) is 11.3 Å². The van der Waals surface area contributed by atoms with Gasteiger partial charge in [-0.3, -0.25) is 14.2 Å². The average molecular weight is 414 g/mol. The van der Waals surface area contributed by atoms with Crippen LogP contribution in [0.4, 0.5) is 0 Å². The van der Waals surface area contributed by atoms with E-state index in [4.69, 9.17) is 0 Å². The van der Waals surface area contributed by atoms with Crippen molar-refractivity contribution < 1.29 is 4.79 Å². The third-order valence-corrected chi connectivity index (χ3v) is 8.09. The van der Waals surface area contributed by atoms with E-state index in [1.165, 1.54) is 47.9 Å². The maximum atomic E-state index is 13.1. The van der Waals surface area contributed by atoms with E-state index in [2.05, 4.69) is 4.98 Å². The van der Waals surface area contributed by atoms with E-state index < -0.39 is 0 Å². The molecule has 3 aromatic rings. The summed E-state index contributed by atoms with van der Waals surface area (Å²) in [5.41, 5.74) is 0.813. The summed E-state index contributed by atoms with van der Waals surface area (Å²) in [5, 5.41) is 4.63. The fourth-order valence-corrected chi connectivity index (χ4v) is 6.49. The molecule has 0 unspecified atom stereocenters. The second kappa shape index (κ2) is 7.44. The second-order valence-electron chi connectivity index (χ2n) is 7.92. The molecule has 5 rings (SSSR count). The second-order valence-corrected chi connectivity index (χ2v) is 9.72. The van der Waals surface area contributed by atoms with Crippen molar-refractivity contribution in [1.82, 2.24) is 14.5 Å². The summed E-state index contributed by atoms with van der Waals surface area (Å²) in [4.78, 5) is 34.3. The van der Waals surface area contributed by atoms with Crippen LogP contribution in [-0.4, -0.2) is 33.4 Å². The fraction of sp³-hybridized carbons (Fsp3) is 0.476. The Morgan fingerprint density at radius 3 is 2.86 bits per heavy atom. The predicted octanol–water partition coefficient (Wildman–Crippen LogP) is 4.23. The zero-order chi connectivity index (χ0) is 19.1. The Bertz CT molecular complexity index is 1050. The summed E-state index contributed by atoms with van der Waals surface area (Å²) in [6.07, 6.45) is 7.81. The van der Waals surface area contributed by atoms with Gasteiger partial charge in [0.15, 0.2) is 0 Å². The molecular weight excluding hydrogens is 390 g/mol. The first-order chi connectivity index (χ1) is 13.7. The van der Waals surface area contributed by atoms with Gasteiger partial charge in [-0.25, -0.2) is 4.98 Å². The SMILES string of the molecule is O=C(Cn1cnc2scc(-c3cccs3)c2c1=O)N1CC[C@@H]2CCCC[C@@H]2C1. The Morgan fingerprint density at radius 1 is 1.18 bits per heavy atom. The van der Waals surface area contributed by atoms with E-state index in [9.17, 15) is 9.59 Å². The summed E-state index contributed by atoms with van der Waals surface area (Å²) in [5.74, 6) is 1.48. The highest BCUT2D eigenvalue weighted by Gasteiger charge is 2.33. The van der Waals surface area contributed by atoms with Crippen LogP contribution < -0.4 is 5.56 Å². The van der Waals surface area contributed by atoms with Crippen molar-refractivity contribution in [2.24, 2.45) is 11.8 Å². The third kappa shape index (κ3) is 3.20. The van der Waals surface area contributed by atoms with Gasteiger partial charge in [0.2, 0.25) is 5.91 Å². The average Bonchev–Trinajstić information content (AvgIpc) is 3.39. The maximum absolute atomic E-state index is 13.1. The number of hydrogen-bond acceptors (Lipinski definition) is 5. The van der Waals surface area contributed by atoms with Crippen molar-refractivity contribution in [1.29, 1.82) is 0 Å². The van der Waals surface area contributed by atoms with E-state index >= 15 is 0 Å². The zero-order valence-electron chi connectivity index (χ0n) is 15.7. The number of thiophene rings is 2. The predicted molar refractivity (Wildman–Crippen MR) is 114 cm³/mol. The van der Waals surface area contributed by atoms with Crippen LogP contribution in [0.5, 0.6) is 0 Å². The van der Waals surface area contributed by atoms with Crippen LogP contribution in [0.25, 0.3) is 20.7 Å². The molecule has 146 valence electrons. The fourth-order valence-electron chi connectivity index (χ4n) is 4.77. The summed E-state index contributed by atoms with van der Waals surface area (Å²) in [6, 6.07) is 4.00. The molecule has 2 fully saturated rings. The number of piperidine rings is 1. The summed E-state index contributed by atoms with van der Waals surface area (Å²) < 4.78 is 1.49. The van der Waals surface area contributed by atoms with E-state index in [1.807, 2.05) is 27.8 Å². The van der Waals surface area contributed by atoms with Gasteiger partial charge in [0.25, 0.3) is 5.56 Å². The van der Waals surface area contributed by atoms with Gasteiger partial charge in [-0.2, -0.15) is 0 Å². The standard InChI is InChI=1S/C21H23N3O2S2/c25-18(23-8-7-14-4-1-2-5-15(14)10-23)11-24-13-22-20-19(21(24)26)16(12-28-20)17-6-3-9-27-17/h3,6,9,12-15H,1-2,4-5,7-8,10-11H2/t14-,15+/m0/s1. The molecule has 1 amide bonds. The van der Waals surface area contributed by atoms with Crippen LogP contribution in [-0.2, 0) is 11.3 Å². The number of carbonyl (C=O) groups is 1. The number of nitrogens with zero attached hydrogens (tertiary/aromatic N) is 3. The van der Waals surface area contributed by atoms with Crippen molar-refractivity contribution >= 4 is 38.8 Å². The number of likely N-dealkylation sites (tertiary alicyclic amines) is 1. The van der Waals surface area contributed by atoms with Crippen molar-refractivity contribution in [3.63, 3.8) is 0 Å². The third-order valence-electron chi connectivity index (χ3n) is 6.30. The smallest absolute Gasteiger partial charge is 0.263 e. The lowest BCUT2D eigenvalue weighted by Crippen LogP contribution is -2.46. The van der Waals surface area contributed by atoms with Gasteiger partial charge >= 0.3 is 0 Å². The van der Waals surface area contributed by atoms with Crippen molar-refractivity contribution in [3.05, 3.63) is 39.6 Å². The molecule has 1 saturated heterocycles. The van der Waals surface area contributed by atoms with Crippen molar-refractivity contribution in [2.75, 3.05) is 13.1 Å². The number of hydrogen-bond donors (Lipinski definition) is 0. The highest BCUT2D eigenvalue weighted by molar-refractivity contribution is 7.18. The quantitative estimate of drug-likeness (QED) is 0.646. The van der Waals surface area contributed by atoms with Crippen molar-refractivity contribution in [3.8, 4) is 10.4 Å². The van der Waals surface area contributed by atoms with Gasteiger partial charge in [-0.05, 0) is 36.1 Å². The first kappa shape index (κ1) is 18.1. The summed E-state index contributed by atoms with van der Waals surface area (Å²) >= 11 is 3.09. The Morgan fingerprint density at radius 2 is 2.04 bits per heavy atom. The van der Waals surface area contributed by atoms with Crippen LogP contribution in [0.15, 0.2) is 34.0 Å². The molecule has 0 bridgehead atoms. The van der Waals surface area contributed by atoms with Gasteiger partial charge < -0.3 is 4.90 Å². The molecule has 2 aliphatic rings. The lowest BCUT2D eigenvalue weighted by Gasteiger charge is -2.41. The maximum Gasteiger partial charge on any atom is 0.263 e. The minimum atomic E-state index is -0.115. The highest BCUT2D eigenvalue weighted by Crippen LogP contribution is 2.36. The number of aromatic nitrogens is 2. The molecule has 0 spiro atoms. The summed E-state index contributed by atoms with van der Waals surface area (Å²) in [7, 11) is 0. The highest BCUT2D eigenvalue weighted by atomic mass is 32.1. The molecule has 28 heavy (non-hydrogen) atoms. The minimum Gasteiger partial charge on any atom is -0.341 e. The molecule has 5 nitrogen and oxygen atoms in total. The number of amides is 1. The van der Waals surface area contributed by atoms with Gasteiger partial charge in [0.1, 0.15) is 11.4 Å². The lowest BCUT2D eigenvalue weighted by molar-refractivity contribution is -0.135. The van der Waals surface area contributed by atoms with E-state index in [1.54, 1.807) is 11.3 Å². The monoisotopic (exact) mass is 413 g/mol. The molecular formula is C21H23N3O2S2. The van der Waals surface area contributed by atoms with Crippen LogP contribution in [0.2, 0.25) is 0 Å². The van der Waals surface area contributed by atoms with Crippen LogP contribution >= 0.6 is 22.7 Å². The Labute approximate surface area is 171 Å². The Hall–Kier alpha value is -1.99. The molecule has 4 heterocycles. The first-order valence-corrected chi connectivity index (χ1v) is 11.7. The molecule has 1 saturated carbocycles. The van der Waals surface area contributed by atoms with Gasteiger partial charge in [-0.15, -0.1) is 22.7 Å². The van der Waals surface area contributed by atoms with Crippen LogP contribution in [0.3, 0.4) is 0 Å². The van der Waals surface area contributed by atoms with Gasteiger partial charge in [-0.1, -0.05) is 25.3 Å². The molecule has 0 aromatic carbocycles. The Kier molecular flexibility index (Phi) is 4.80. The van der Waals surface area contributed by atoms with Crippen molar-refractivity contribution in [2.45, 2.75) is 38.6 Å². The van der Waals surface area contributed by atoms with Crippen LogP contribution in [0, 0.1) is 11.8 Å². The molecule has 0 radical (unpaired) electrons. The van der Waals surface area contributed by atoms with Crippen LogP contribution in [0.1, 0.15) is 32.1 Å². The van der Waals surface area contributed by atoms with Gasteiger partial charge in [0.05, 0.1) is 11.7 Å². The minimum absolute atomic E-state index is 0.0418. The number of rotatable bonds is 3. The van der Waals surface area contributed by atoms with E-state index in [0.717, 1.165) is 40.7 Å². The Balaban J connectivity index is 1.39.